The summed E-state index contributed by atoms with van der Waals surface area (Å²) >= 11 is 1.77. The molecular weight excluding hydrogens is 256 g/mol. The van der Waals surface area contributed by atoms with Gasteiger partial charge in [0.15, 0.2) is 0 Å². The molecule has 0 aliphatic carbocycles. The van der Waals surface area contributed by atoms with E-state index in [9.17, 15) is 4.79 Å². The molecule has 5 heteroatoms. The Morgan fingerprint density at radius 2 is 2.18 bits per heavy atom. The van der Waals surface area contributed by atoms with Gasteiger partial charge in [0, 0.05) is 22.2 Å². The van der Waals surface area contributed by atoms with E-state index >= 15 is 0 Å². The van der Waals surface area contributed by atoms with Gasteiger partial charge in [-0.25, -0.2) is 0 Å². The first-order valence-corrected chi connectivity index (χ1v) is 6.45. The number of hydrogen-bond donors (Lipinski definition) is 2. The summed E-state index contributed by atoms with van der Waals surface area (Å²) in [6.45, 7) is 6.01. The minimum atomic E-state index is -0.382. The normalized spacial score (nSPS) is 13.6. The summed E-state index contributed by atoms with van der Waals surface area (Å²) in [5.41, 5.74) is 5.65. The highest BCUT2D eigenvalue weighted by Gasteiger charge is 2.14. The number of amides is 1. The van der Waals surface area contributed by atoms with Crippen molar-refractivity contribution in [2.45, 2.75) is 45.7 Å². The third-order valence-electron chi connectivity index (χ3n) is 2.47. The second-order valence-electron chi connectivity index (χ2n) is 4.14. The van der Waals surface area contributed by atoms with Crippen molar-refractivity contribution in [1.82, 2.24) is 5.32 Å². The van der Waals surface area contributed by atoms with E-state index in [0.717, 1.165) is 6.42 Å². The monoisotopic (exact) mass is 276 g/mol. The topological polar surface area (TPSA) is 55.1 Å². The molecule has 1 aromatic heterocycles. The van der Waals surface area contributed by atoms with E-state index < -0.39 is 0 Å². The summed E-state index contributed by atoms with van der Waals surface area (Å²) in [6, 6.07) is 3.98. The second kappa shape index (κ2) is 7.69. The fourth-order valence-electron chi connectivity index (χ4n) is 1.48. The van der Waals surface area contributed by atoms with E-state index in [0.29, 0.717) is 6.42 Å². The maximum Gasteiger partial charge on any atom is 0.237 e. The number of nitrogens with one attached hydrogen (secondary N) is 1. The third-order valence-corrected chi connectivity index (χ3v) is 3.49. The lowest BCUT2D eigenvalue weighted by molar-refractivity contribution is -0.123. The molecule has 3 N–H and O–H groups in total. The Bertz CT molecular complexity index is 354. The Hall–Kier alpha value is -0.580. The van der Waals surface area contributed by atoms with Crippen LogP contribution in [-0.2, 0) is 11.2 Å². The first-order chi connectivity index (χ1) is 7.52. The van der Waals surface area contributed by atoms with Gasteiger partial charge in [0.25, 0.3) is 0 Å². The summed E-state index contributed by atoms with van der Waals surface area (Å²) in [4.78, 5) is 14.2. The molecule has 0 fully saturated rings. The van der Waals surface area contributed by atoms with E-state index in [-0.39, 0.29) is 30.4 Å². The highest BCUT2D eigenvalue weighted by atomic mass is 35.5. The third kappa shape index (κ3) is 5.52. The number of thiophene rings is 1. The molecule has 0 bridgehead atoms. The number of halogens is 1. The van der Waals surface area contributed by atoms with Crippen LogP contribution in [0.5, 0.6) is 0 Å². The summed E-state index contributed by atoms with van der Waals surface area (Å²) in [5.74, 6) is -0.0525. The van der Waals surface area contributed by atoms with Crippen molar-refractivity contribution in [2.24, 2.45) is 5.73 Å². The smallest absolute Gasteiger partial charge is 0.237 e. The largest absolute Gasteiger partial charge is 0.352 e. The van der Waals surface area contributed by atoms with Crippen molar-refractivity contribution < 1.29 is 4.79 Å². The zero-order valence-corrected chi connectivity index (χ0v) is 12.2. The predicted molar refractivity (Wildman–Crippen MR) is 75.9 cm³/mol. The number of hydrogen-bond acceptors (Lipinski definition) is 3. The van der Waals surface area contributed by atoms with Crippen LogP contribution in [0.15, 0.2) is 12.1 Å². The summed E-state index contributed by atoms with van der Waals surface area (Å²) < 4.78 is 0. The number of aryl methyl sites for hydroxylation is 1. The molecule has 1 rings (SSSR count). The van der Waals surface area contributed by atoms with Crippen LogP contribution in [-0.4, -0.2) is 18.0 Å². The van der Waals surface area contributed by atoms with Crippen LogP contribution in [0.3, 0.4) is 0 Å². The van der Waals surface area contributed by atoms with Gasteiger partial charge in [-0.05, 0) is 32.4 Å². The Labute approximate surface area is 113 Å². The molecule has 0 aliphatic rings. The standard InChI is InChI=1S/C12H20N2OS.ClH/c1-4-11(13)12(15)14-8(2)7-10-6-5-9(3)16-10;/h5-6,8,11H,4,7,13H2,1-3H3,(H,14,15);1H/t8?,11-;/m0./s1. The minimum absolute atomic E-state index is 0. The molecule has 17 heavy (non-hydrogen) atoms. The van der Waals surface area contributed by atoms with Gasteiger partial charge >= 0.3 is 0 Å². The summed E-state index contributed by atoms with van der Waals surface area (Å²) in [5, 5.41) is 2.93. The van der Waals surface area contributed by atoms with Crippen LogP contribution in [0.25, 0.3) is 0 Å². The number of rotatable bonds is 5. The SMILES string of the molecule is CC[C@H](N)C(=O)NC(C)Cc1ccc(C)s1.Cl. The molecule has 3 nitrogen and oxygen atoms in total. The van der Waals surface area contributed by atoms with Gasteiger partial charge in [0.05, 0.1) is 6.04 Å². The van der Waals surface area contributed by atoms with E-state index in [1.54, 1.807) is 11.3 Å². The maximum absolute atomic E-state index is 11.5. The van der Waals surface area contributed by atoms with E-state index in [4.69, 9.17) is 5.73 Å². The van der Waals surface area contributed by atoms with Crippen molar-refractivity contribution in [2.75, 3.05) is 0 Å². The van der Waals surface area contributed by atoms with Crippen molar-refractivity contribution in [3.05, 3.63) is 21.9 Å². The molecule has 0 spiro atoms. The molecule has 98 valence electrons. The predicted octanol–water partition coefficient (Wildman–Crippen LogP) is 2.26. The maximum atomic E-state index is 11.5. The molecule has 0 saturated heterocycles. The molecule has 1 aromatic rings. The van der Waals surface area contributed by atoms with Gasteiger partial charge in [-0.2, -0.15) is 0 Å². The lowest BCUT2D eigenvalue weighted by Gasteiger charge is -2.15. The van der Waals surface area contributed by atoms with Crippen molar-refractivity contribution in [3.63, 3.8) is 0 Å². The molecule has 0 aliphatic heterocycles. The van der Waals surface area contributed by atoms with Crippen LogP contribution in [0.2, 0.25) is 0 Å². The first kappa shape index (κ1) is 16.4. The van der Waals surface area contributed by atoms with Crippen molar-refractivity contribution in [1.29, 1.82) is 0 Å². The Morgan fingerprint density at radius 3 is 2.65 bits per heavy atom. The average Bonchev–Trinajstić information content (AvgIpc) is 2.62. The molecule has 0 radical (unpaired) electrons. The molecule has 1 unspecified atom stereocenters. The van der Waals surface area contributed by atoms with Crippen LogP contribution >= 0.6 is 23.7 Å². The van der Waals surface area contributed by atoms with Gasteiger partial charge in [-0.3, -0.25) is 4.79 Å². The Kier molecular flexibility index (Phi) is 7.43. The van der Waals surface area contributed by atoms with Gasteiger partial charge in [-0.1, -0.05) is 6.92 Å². The fourth-order valence-corrected chi connectivity index (χ4v) is 2.50. The minimum Gasteiger partial charge on any atom is -0.352 e. The summed E-state index contributed by atoms with van der Waals surface area (Å²) in [7, 11) is 0. The lowest BCUT2D eigenvalue weighted by Crippen LogP contribution is -2.44. The first-order valence-electron chi connectivity index (χ1n) is 5.64. The Morgan fingerprint density at radius 1 is 1.53 bits per heavy atom. The highest BCUT2D eigenvalue weighted by Crippen LogP contribution is 2.16. The van der Waals surface area contributed by atoms with Crippen molar-refractivity contribution >= 4 is 29.7 Å². The van der Waals surface area contributed by atoms with Gasteiger partial charge in [0.2, 0.25) is 5.91 Å². The van der Waals surface area contributed by atoms with E-state index in [1.165, 1.54) is 9.75 Å². The average molecular weight is 277 g/mol. The van der Waals surface area contributed by atoms with Gasteiger partial charge < -0.3 is 11.1 Å². The van der Waals surface area contributed by atoms with Gasteiger partial charge in [-0.15, -0.1) is 23.7 Å². The van der Waals surface area contributed by atoms with Gasteiger partial charge in [0.1, 0.15) is 0 Å². The van der Waals surface area contributed by atoms with E-state index in [1.807, 2.05) is 13.8 Å². The fraction of sp³-hybridized carbons (Fsp3) is 0.583. The second-order valence-corrected chi connectivity index (χ2v) is 5.51. The number of nitrogens with two attached hydrogens (primary N) is 1. The highest BCUT2D eigenvalue weighted by molar-refractivity contribution is 7.11. The van der Waals surface area contributed by atoms with Crippen LogP contribution in [0, 0.1) is 6.92 Å². The number of carbonyl (C=O) groups excluding carboxylic acids is 1. The zero-order chi connectivity index (χ0) is 12.1. The zero-order valence-electron chi connectivity index (χ0n) is 10.5. The molecule has 1 amide bonds. The lowest BCUT2D eigenvalue weighted by atomic mass is 10.1. The van der Waals surface area contributed by atoms with Crippen molar-refractivity contribution in [3.8, 4) is 0 Å². The number of carbonyl (C=O) groups is 1. The van der Waals surface area contributed by atoms with Crippen LogP contribution in [0.4, 0.5) is 0 Å². The summed E-state index contributed by atoms with van der Waals surface area (Å²) in [6.07, 6.45) is 1.55. The van der Waals surface area contributed by atoms with E-state index in [2.05, 4.69) is 24.4 Å². The molecular formula is C12H21ClN2OS. The quantitative estimate of drug-likeness (QED) is 0.867. The molecule has 0 aromatic carbocycles. The molecule has 0 saturated carbocycles. The molecule has 2 atom stereocenters. The van der Waals surface area contributed by atoms with Crippen LogP contribution < -0.4 is 11.1 Å². The van der Waals surface area contributed by atoms with Crippen LogP contribution in [0.1, 0.15) is 30.0 Å². The molecule has 1 heterocycles. The Balaban J connectivity index is 0.00000256.